The average molecular weight is 286 g/mol. The van der Waals surface area contributed by atoms with E-state index in [0.29, 0.717) is 11.9 Å². The summed E-state index contributed by atoms with van der Waals surface area (Å²) in [6.07, 6.45) is -3.19. The van der Waals surface area contributed by atoms with Gasteiger partial charge in [-0.2, -0.15) is 18.3 Å². The number of benzene rings is 1. The van der Waals surface area contributed by atoms with Crippen molar-refractivity contribution >= 4 is 5.97 Å². The summed E-state index contributed by atoms with van der Waals surface area (Å²) in [6, 6.07) is 3.95. The first-order valence-electron chi connectivity index (χ1n) is 5.36. The van der Waals surface area contributed by atoms with E-state index < -0.39 is 17.7 Å². The van der Waals surface area contributed by atoms with Gasteiger partial charge in [-0.1, -0.05) is 0 Å². The molecule has 0 atom stereocenters. The highest BCUT2D eigenvalue weighted by molar-refractivity contribution is 5.92. The van der Waals surface area contributed by atoms with Crippen molar-refractivity contribution in [2.45, 2.75) is 6.18 Å². The monoisotopic (exact) mass is 286 g/mol. The Hall–Kier alpha value is -2.51. The van der Waals surface area contributed by atoms with E-state index in [1.807, 2.05) is 0 Å². The molecule has 106 valence electrons. The van der Waals surface area contributed by atoms with Gasteiger partial charge in [0.1, 0.15) is 5.75 Å². The zero-order valence-corrected chi connectivity index (χ0v) is 10.2. The number of rotatable bonds is 3. The van der Waals surface area contributed by atoms with Crippen molar-refractivity contribution in [3.8, 4) is 11.4 Å². The number of alkyl halides is 3. The molecule has 0 radical (unpaired) electrons. The predicted molar refractivity (Wildman–Crippen MR) is 62.1 cm³/mol. The van der Waals surface area contributed by atoms with Gasteiger partial charge in [0.15, 0.2) is 0 Å². The molecule has 1 aromatic carbocycles. The van der Waals surface area contributed by atoms with Crippen LogP contribution in [0, 0.1) is 0 Å². The number of hydrogen-bond acceptors (Lipinski definition) is 3. The molecule has 0 aliphatic rings. The normalized spacial score (nSPS) is 11.4. The van der Waals surface area contributed by atoms with Crippen molar-refractivity contribution in [3.63, 3.8) is 0 Å². The van der Waals surface area contributed by atoms with E-state index in [1.165, 1.54) is 25.3 Å². The van der Waals surface area contributed by atoms with E-state index in [-0.39, 0.29) is 11.3 Å². The van der Waals surface area contributed by atoms with Gasteiger partial charge in [-0.05, 0) is 12.1 Å². The smallest absolute Gasteiger partial charge is 0.419 e. The standard InChI is InChI=1S/C12H9F3N2O3/c1-20-8-2-3-9(11(18)19)10(4-8)17-6-7(5-16-17)12(13,14)15/h2-6H,1H3,(H,18,19). The molecule has 0 saturated carbocycles. The number of hydrogen-bond donors (Lipinski definition) is 1. The highest BCUT2D eigenvalue weighted by Crippen LogP contribution is 2.30. The Bertz CT molecular complexity index is 650. The third-order valence-corrected chi connectivity index (χ3v) is 2.59. The van der Waals surface area contributed by atoms with Crippen LogP contribution in [0.25, 0.3) is 5.69 Å². The van der Waals surface area contributed by atoms with Crippen LogP contribution in [0.3, 0.4) is 0 Å². The lowest BCUT2D eigenvalue weighted by atomic mass is 10.1. The van der Waals surface area contributed by atoms with Crippen LogP contribution in [0.15, 0.2) is 30.6 Å². The number of methoxy groups -OCH3 is 1. The number of carboxylic acids is 1. The third-order valence-electron chi connectivity index (χ3n) is 2.59. The molecule has 0 saturated heterocycles. The molecule has 20 heavy (non-hydrogen) atoms. The van der Waals surface area contributed by atoms with Gasteiger partial charge in [0, 0.05) is 12.3 Å². The number of carboxylic acid groups (broad SMARTS) is 1. The van der Waals surface area contributed by atoms with Gasteiger partial charge in [-0.15, -0.1) is 0 Å². The van der Waals surface area contributed by atoms with E-state index in [9.17, 15) is 18.0 Å². The minimum absolute atomic E-state index is 0.00708. The Morgan fingerprint density at radius 2 is 2.10 bits per heavy atom. The van der Waals surface area contributed by atoms with Crippen molar-refractivity contribution in [2.75, 3.05) is 7.11 Å². The van der Waals surface area contributed by atoms with Crippen LogP contribution >= 0.6 is 0 Å². The number of aromatic nitrogens is 2. The Kier molecular flexibility index (Phi) is 3.39. The first-order chi connectivity index (χ1) is 9.32. The van der Waals surface area contributed by atoms with E-state index in [2.05, 4.69) is 5.10 Å². The second-order valence-electron chi connectivity index (χ2n) is 3.86. The van der Waals surface area contributed by atoms with Gasteiger partial charge >= 0.3 is 12.1 Å². The number of aromatic carboxylic acids is 1. The molecule has 0 aliphatic carbocycles. The van der Waals surface area contributed by atoms with Crippen LogP contribution in [-0.2, 0) is 6.18 Å². The van der Waals surface area contributed by atoms with Crippen molar-refractivity contribution in [1.29, 1.82) is 0 Å². The van der Waals surface area contributed by atoms with Crippen LogP contribution in [-0.4, -0.2) is 28.0 Å². The zero-order valence-electron chi connectivity index (χ0n) is 10.2. The van der Waals surface area contributed by atoms with Crippen LogP contribution in [0.5, 0.6) is 5.75 Å². The first-order valence-corrected chi connectivity index (χ1v) is 5.36. The summed E-state index contributed by atoms with van der Waals surface area (Å²) >= 11 is 0. The summed E-state index contributed by atoms with van der Waals surface area (Å²) in [5.74, 6) is -0.958. The highest BCUT2D eigenvalue weighted by atomic mass is 19.4. The molecule has 8 heteroatoms. The molecule has 0 amide bonds. The molecule has 0 fully saturated rings. The van der Waals surface area contributed by atoms with Gasteiger partial charge in [-0.25, -0.2) is 9.48 Å². The highest BCUT2D eigenvalue weighted by Gasteiger charge is 2.32. The van der Waals surface area contributed by atoms with Crippen LogP contribution in [0.2, 0.25) is 0 Å². The van der Waals surface area contributed by atoms with Gasteiger partial charge in [0.2, 0.25) is 0 Å². The van der Waals surface area contributed by atoms with Crippen molar-refractivity contribution in [1.82, 2.24) is 9.78 Å². The largest absolute Gasteiger partial charge is 0.497 e. The molecule has 1 heterocycles. The summed E-state index contributed by atoms with van der Waals surface area (Å²) < 4.78 is 43.4. The quantitative estimate of drug-likeness (QED) is 0.942. The maximum Gasteiger partial charge on any atom is 0.419 e. The predicted octanol–water partition coefficient (Wildman–Crippen LogP) is 2.60. The molecule has 0 spiro atoms. The lowest BCUT2D eigenvalue weighted by Gasteiger charge is -2.08. The topological polar surface area (TPSA) is 64.3 Å². The second-order valence-corrected chi connectivity index (χ2v) is 3.86. The van der Waals surface area contributed by atoms with Crippen LogP contribution < -0.4 is 4.74 Å². The SMILES string of the molecule is COc1ccc(C(=O)O)c(-n2cc(C(F)(F)F)cn2)c1. The van der Waals surface area contributed by atoms with Crippen LogP contribution in [0.4, 0.5) is 13.2 Å². The Labute approximate surface area is 111 Å². The van der Waals surface area contributed by atoms with Gasteiger partial charge in [-0.3, -0.25) is 0 Å². The molecule has 5 nitrogen and oxygen atoms in total. The summed E-state index contributed by atoms with van der Waals surface area (Å²) in [7, 11) is 1.36. The molecule has 0 unspecified atom stereocenters. The fourth-order valence-electron chi connectivity index (χ4n) is 1.61. The zero-order chi connectivity index (χ0) is 14.9. The molecule has 0 bridgehead atoms. The number of nitrogens with zero attached hydrogens (tertiary/aromatic N) is 2. The van der Waals surface area contributed by atoms with E-state index in [1.54, 1.807) is 0 Å². The average Bonchev–Trinajstić information content (AvgIpc) is 2.87. The lowest BCUT2D eigenvalue weighted by molar-refractivity contribution is -0.137. The van der Waals surface area contributed by atoms with E-state index in [0.717, 1.165) is 10.9 Å². The summed E-state index contributed by atoms with van der Waals surface area (Å²) in [5.41, 5.74) is -1.15. The molecular formula is C12H9F3N2O3. The summed E-state index contributed by atoms with van der Waals surface area (Å²) in [6.45, 7) is 0. The van der Waals surface area contributed by atoms with Crippen molar-refractivity contribution in [3.05, 3.63) is 41.7 Å². The molecule has 2 aromatic rings. The van der Waals surface area contributed by atoms with Crippen molar-refractivity contribution < 1.29 is 27.8 Å². The Morgan fingerprint density at radius 3 is 2.60 bits per heavy atom. The van der Waals surface area contributed by atoms with E-state index >= 15 is 0 Å². The molecular weight excluding hydrogens is 277 g/mol. The minimum atomic E-state index is -4.54. The van der Waals surface area contributed by atoms with Gasteiger partial charge in [0.25, 0.3) is 0 Å². The Morgan fingerprint density at radius 1 is 1.40 bits per heavy atom. The number of halogens is 3. The number of carbonyl (C=O) groups is 1. The third kappa shape index (κ3) is 2.58. The maximum atomic E-state index is 12.5. The molecule has 1 aromatic heterocycles. The molecule has 2 rings (SSSR count). The summed E-state index contributed by atoms with van der Waals surface area (Å²) in [5, 5.41) is 12.6. The second kappa shape index (κ2) is 4.87. The van der Waals surface area contributed by atoms with E-state index in [4.69, 9.17) is 9.84 Å². The summed E-state index contributed by atoms with van der Waals surface area (Å²) in [4.78, 5) is 11.1. The van der Waals surface area contributed by atoms with Gasteiger partial charge in [0.05, 0.1) is 30.1 Å². The lowest BCUT2D eigenvalue weighted by Crippen LogP contribution is -2.07. The van der Waals surface area contributed by atoms with Crippen LogP contribution in [0.1, 0.15) is 15.9 Å². The van der Waals surface area contributed by atoms with Gasteiger partial charge < -0.3 is 9.84 Å². The Balaban J connectivity index is 2.55. The molecule has 1 N–H and O–H groups in total. The molecule has 0 aliphatic heterocycles. The van der Waals surface area contributed by atoms with Crippen molar-refractivity contribution in [2.24, 2.45) is 0 Å². The fraction of sp³-hybridized carbons (Fsp3) is 0.167. The fourth-order valence-corrected chi connectivity index (χ4v) is 1.61. The first kappa shape index (κ1) is 13.9. The maximum absolute atomic E-state index is 12.5. The number of ether oxygens (including phenoxy) is 1. The minimum Gasteiger partial charge on any atom is -0.497 e.